The molecule has 0 saturated carbocycles. The molecule has 4 aliphatic rings. The van der Waals surface area contributed by atoms with Crippen LogP contribution in [0.25, 0.3) is 11.4 Å². The molecule has 0 aliphatic carbocycles. The van der Waals surface area contributed by atoms with Crippen LogP contribution in [0.2, 0.25) is 0 Å². The maximum atomic E-state index is 14.0. The van der Waals surface area contributed by atoms with Gasteiger partial charge in [-0.15, -0.1) is 5.10 Å². The van der Waals surface area contributed by atoms with Crippen LogP contribution in [0.5, 0.6) is 5.75 Å². The average Bonchev–Trinajstić information content (AvgIpc) is 3.48. The molecule has 0 unspecified atom stereocenters. The highest BCUT2D eigenvalue weighted by Gasteiger charge is 2.36. The number of rotatable bonds is 4. The molecule has 3 N–H and O–H groups in total. The first-order chi connectivity index (χ1) is 21.5. The zero-order chi connectivity index (χ0) is 32.2. The molecule has 8 bridgehead atoms. The minimum absolute atomic E-state index is 0.0293. The fraction of sp³-hybridized carbons (Fsp3) is 0.357. The van der Waals surface area contributed by atoms with Crippen LogP contribution in [-0.4, -0.2) is 62.8 Å². The fourth-order valence-corrected chi connectivity index (χ4v) is 6.99. The van der Waals surface area contributed by atoms with Gasteiger partial charge in [-0.3, -0.25) is 14.0 Å². The third-order valence-corrected chi connectivity index (χ3v) is 9.47. The maximum Gasteiger partial charge on any atom is 0.421 e. The summed E-state index contributed by atoms with van der Waals surface area (Å²) in [6.07, 6.45) is -0.849. The smallest absolute Gasteiger partial charge is 0.421 e. The Kier molecular flexibility index (Phi) is 9.34. The van der Waals surface area contributed by atoms with Gasteiger partial charge in [0.1, 0.15) is 22.8 Å². The first-order valence-electron chi connectivity index (χ1n) is 14.0. The number of nitrogens with zero attached hydrogens (tertiary/aromatic N) is 6. The lowest BCUT2D eigenvalue weighted by molar-refractivity contribution is -0.137. The molecule has 0 spiro atoms. The summed E-state index contributed by atoms with van der Waals surface area (Å²) in [6, 6.07) is 7.96. The van der Waals surface area contributed by atoms with Gasteiger partial charge in [-0.2, -0.15) is 18.2 Å². The highest BCUT2D eigenvalue weighted by atomic mass is 31.2. The molecule has 0 radical (unpaired) electrons. The number of carbonyl (C=O) groups excluding carboxylic acids is 1. The number of pyridine rings is 1. The topological polar surface area (TPSA) is 158 Å². The van der Waals surface area contributed by atoms with Gasteiger partial charge in [-0.05, 0) is 42.7 Å². The molecule has 238 valence electrons. The number of anilines is 4. The van der Waals surface area contributed by atoms with E-state index in [0.29, 0.717) is 54.4 Å². The van der Waals surface area contributed by atoms with Gasteiger partial charge in [-0.25, -0.2) is 9.97 Å². The van der Waals surface area contributed by atoms with Gasteiger partial charge in [0, 0.05) is 32.1 Å². The first-order valence-corrected chi connectivity index (χ1v) is 16.0. The number of hydrogen-bond acceptors (Lipinski definition) is 11. The monoisotopic (exact) mass is 645 g/mol. The summed E-state index contributed by atoms with van der Waals surface area (Å²) in [5, 5.41) is 16.2. The molecule has 4 aliphatic heterocycles. The fourth-order valence-electron chi connectivity index (χ4n) is 4.71. The van der Waals surface area contributed by atoms with E-state index >= 15 is 0 Å². The van der Waals surface area contributed by atoms with E-state index in [1.54, 1.807) is 29.1 Å². The van der Waals surface area contributed by atoms with Gasteiger partial charge >= 0.3 is 6.18 Å². The highest BCUT2D eigenvalue weighted by Crippen LogP contribution is 2.51. The summed E-state index contributed by atoms with van der Waals surface area (Å²) in [7, 11) is -0.257. The van der Waals surface area contributed by atoms with Gasteiger partial charge < -0.3 is 25.2 Å². The van der Waals surface area contributed by atoms with Crippen molar-refractivity contribution in [2.45, 2.75) is 38.6 Å². The van der Waals surface area contributed by atoms with Crippen molar-refractivity contribution in [3.63, 3.8) is 0 Å². The van der Waals surface area contributed by atoms with E-state index in [9.17, 15) is 22.5 Å². The van der Waals surface area contributed by atoms with E-state index in [0.717, 1.165) is 0 Å². The summed E-state index contributed by atoms with van der Waals surface area (Å²) in [5.41, 5.74) is 0.295. The predicted molar refractivity (Wildman–Crippen MR) is 160 cm³/mol. The number of nitrogens with one attached hydrogen (secondary N) is 3. The van der Waals surface area contributed by atoms with Crippen molar-refractivity contribution >= 4 is 36.4 Å². The molecule has 0 fully saturated rings. The highest BCUT2D eigenvalue weighted by molar-refractivity contribution is 7.58. The van der Waals surface area contributed by atoms with Gasteiger partial charge in [0.25, 0.3) is 5.91 Å². The zero-order valence-electron chi connectivity index (χ0n) is 24.7. The van der Waals surface area contributed by atoms with Gasteiger partial charge in [0.2, 0.25) is 13.3 Å². The van der Waals surface area contributed by atoms with E-state index in [-0.39, 0.29) is 35.8 Å². The van der Waals surface area contributed by atoms with Crippen LogP contribution in [0.15, 0.2) is 42.7 Å². The SMILES string of the molecule is CCC[P@]1(=O)Cc2ccc(c(OC)c2)Nc2ncc(C(F)(F)F)c(n2)Nc2ccc(nc2C(=O)NC)-c2cn(nn2)CCCO1. The number of halogens is 3. The van der Waals surface area contributed by atoms with Gasteiger partial charge in [0.15, 0.2) is 5.69 Å². The summed E-state index contributed by atoms with van der Waals surface area (Å²) < 4.78 is 68.9. The molecular weight excluding hydrogens is 614 g/mol. The number of amides is 1. The minimum atomic E-state index is -4.82. The Morgan fingerprint density at radius 3 is 2.69 bits per heavy atom. The molecule has 4 aromatic rings. The normalized spacial score (nSPS) is 17.0. The van der Waals surface area contributed by atoms with Gasteiger partial charge in [0.05, 0.1) is 37.0 Å². The number of carbonyl (C=O) groups is 1. The summed E-state index contributed by atoms with van der Waals surface area (Å²) in [5.74, 6) is -1.11. The van der Waals surface area contributed by atoms with Crippen LogP contribution in [-0.2, 0) is 28.0 Å². The van der Waals surface area contributed by atoms with E-state index < -0.39 is 30.8 Å². The number of aromatic nitrogens is 6. The van der Waals surface area contributed by atoms with E-state index in [1.165, 1.54) is 26.3 Å². The van der Waals surface area contributed by atoms with Crippen molar-refractivity contribution < 1.29 is 31.8 Å². The van der Waals surface area contributed by atoms with Crippen molar-refractivity contribution in [1.82, 2.24) is 35.3 Å². The molecule has 8 rings (SSSR count). The molecule has 7 heterocycles. The van der Waals surface area contributed by atoms with Crippen LogP contribution in [0.4, 0.5) is 36.3 Å². The molecule has 1 amide bonds. The number of benzene rings is 1. The molecule has 0 saturated heterocycles. The third-order valence-electron chi connectivity index (χ3n) is 6.84. The quantitative estimate of drug-likeness (QED) is 0.237. The summed E-state index contributed by atoms with van der Waals surface area (Å²) in [4.78, 5) is 25.1. The largest absolute Gasteiger partial charge is 0.495 e. The van der Waals surface area contributed by atoms with Crippen LogP contribution >= 0.6 is 7.37 Å². The second-order valence-corrected chi connectivity index (χ2v) is 12.8. The Balaban J connectivity index is 1.62. The number of hydrogen-bond donors (Lipinski definition) is 3. The van der Waals surface area contributed by atoms with Crippen LogP contribution in [0, 0.1) is 0 Å². The number of ether oxygens (including phenoxy) is 1. The van der Waals surface area contributed by atoms with Crippen molar-refractivity contribution in [2.24, 2.45) is 0 Å². The molecule has 45 heavy (non-hydrogen) atoms. The van der Waals surface area contributed by atoms with E-state index in [1.807, 2.05) is 6.92 Å². The summed E-state index contributed by atoms with van der Waals surface area (Å²) >= 11 is 0. The number of alkyl halides is 3. The minimum Gasteiger partial charge on any atom is -0.495 e. The number of methoxy groups -OCH3 is 1. The zero-order valence-corrected chi connectivity index (χ0v) is 25.6. The molecule has 1 aromatic carbocycles. The lowest BCUT2D eigenvalue weighted by Crippen LogP contribution is -2.21. The molecule has 3 aromatic heterocycles. The number of aryl methyl sites for hydroxylation is 1. The first kappa shape index (κ1) is 31.9. The van der Waals surface area contributed by atoms with E-state index in [2.05, 4.69) is 41.2 Å². The van der Waals surface area contributed by atoms with Crippen LogP contribution in [0.3, 0.4) is 0 Å². The standard InChI is InChI=1S/C28H31F3N9O4P/c1-4-12-45(42)16-17-6-7-20(23(13-17)43-3)36-27-33-14-18(28(29,30)31)25(37-27)35-21-9-8-19(34-24(21)26(41)32-2)22-15-40(39-38-22)10-5-11-44-45/h6-9,13-15H,4-5,10-12,16H2,1-3H3,(H,32,41)(H2,33,35,36,37)/t45-/m1/s1. The van der Waals surface area contributed by atoms with Crippen molar-refractivity contribution in [2.75, 3.05) is 37.6 Å². The summed E-state index contributed by atoms with van der Waals surface area (Å²) in [6.45, 7) is 2.57. The Labute approximate surface area is 256 Å². The van der Waals surface area contributed by atoms with Gasteiger partial charge in [-0.1, -0.05) is 18.2 Å². The average molecular weight is 646 g/mol. The molecular formula is C28H31F3N9O4P. The Bertz CT molecular complexity index is 1750. The Morgan fingerprint density at radius 2 is 1.96 bits per heavy atom. The Hall–Kier alpha value is -4.56. The second kappa shape index (κ2) is 13.2. The van der Waals surface area contributed by atoms with Crippen molar-refractivity contribution in [1.29, 1.82) is 0 Å². The van der Waals surface area contributed by atoms with Crippen molar-refractivity contribution in [3.8, 4) is 17.1 Å². The van der Waals surface area contributed by atoms with Crippen LogP contribution < -0.4 is 20.7 Å². The van der Waals surface area contributed by atoms with Crippen molar-refractivity contribution in [3.05, 3.63) is 59.5 Å². The van der Waals surface area contributed by atoms with E-state index in [4.69, 9.17) is 9.26 Å². The maximum absolute atomic E-state index is 14.0. The Morgan fingerprint density at radius 1 is 1.16 bits per heavy atom. The molecule has 13 nitrogen and oxygen atoms in total. The lowest BCUT2D eigenvalue weighted by Gasteiger charge is -2.20. The molecule has 1 atom stereocenters. The third kappa shape index (κ3) is 7.40. The lowest BCUT2D eigenvalue weighted by atomic mass is 10.2. The predicted octanol–water partition coefficient (Wildman–Crippen LogP) is 5.61. The molecule has 17 heteroatoms. The van der Waals surface area contributed by atoms with Crippen LogP contribution in [0.1, 0.15) is 41.4 Å². The second-order valence-electron chi connectivity index (χ2n) is 10.2.